The van der Waals surface area contributed by atoms with E-state index in [9.17, 15) is 13.2 Å². The molecule has 28 heavy (non-hydrogen) atoms. The van der Waals surface area contributed by atoms with E-state index in [2.05, 4.69) is 5.32 Å². The zero-order valence-electron chi connectivity index (χ0n) is 15.5. The predicted octanol–water partition coefficient (Wildman–Crippen LogP) is 3.98. The maximum absolute atomic E-state index is 12.4. The van der Waals surface area contributed by atoms with E-state index < -0.39 is 10.0 Å². The van der Waals surface area contributed by atoms with Crippen LogP contribution < -0.4 is 10.1 Å². The van der Waals surface area contributed by atoms with Crippen LogP contribution >= 0.6 is 0 Å². The number of nitrogens with zero attached hydrogens (tertiary/aromatic N) is 1. The van der Waals surface area contributed by atoms with Gasteiger partial charge in [0.05, 0.1) is 4.90 Å². The molecule has 0 atom stereocenters. The quantitative estimate of drug-likeness (QED) is 0.684. The molecule has 0 saturated heterocycles. The molecule has 0 aliphatic heterocycles. The minimum absolute atomic E-state index is 0.136. The molecule has 3 aromatic carbocycles. The SMILES string of the molecule is CN(C)S(=O)(=O)c1ccc(C(=O)Nc2ccc(Oc3ccccc3)cc2)cc1. The van der Waals surface area contributed by atoms with Crippen LogP contribution in [0.2, 0.25) is 0 Å². The van der Waals surface area contributed by atoms with Crippen LogP contribution in [-0.2, 0) is 10.0 Å². The van der Waals surface area contributed by atoms with Crippen LogP contribution in [0.4, 0.5) is 5.69 Å². The second-order valence-electron chi connectivity index (χ2n) is 6.21. The number of para-hydroxylation sites is 1. The van der Waals surface area contributed by atoms with Gasteiger partial charge in [-0.1, -0.05) is 18.2 Å². The van der Waals surface area contributed by atoms with Gasteiger partial charge >= 0.3 is 0 Å². The molecule has 0 radical (unpaired) electrons. The lowest BCUT2D eigenvalue weighted by Crippen LogP contribution is -2.22. The molecular formula is C21H20N2O4S. The number of carbonyl (C=O) groups excluding carboxylic acids is 1. The molecule has 0 aliphatic carbocycles. The molecule has 0 fully saturated rings. The number of rotatable bonds is 6. The minimum atomic E-state index is -3.52. The highest BCUT2D eigenvalue weighted by Crippen LogP contribution is 2.23. The first-order valence-corrected chi connectivity index (χ1v) is 9.97. The molecule has 0 aromatic heterocycles. The third-order valence-corrected chi connectivity index (χ3v) is 5.82. The number of anilines is 1. The van der Waals surface area contributed by atoms with Crippen molar-refractivity contribution in [3.05, 3.63) is 84.4 Å². The topological polar surface area (TPSA) is 75.7 Å². The number of nitrogens with one attached hydrogen (secondary N) is 1. The van der Waals surface area contributed by atoms with Crippen molar-refractivity contribution in [2.24, 2.45) is 0 Å². The van der Waals surface area contributed by atoms with Crippen LogP contribution in [0.5, 0.6) is 11.5 Å². The first-order valence-electron chi connectivity index (χ1n) is 8.53. The fourth-order valence-corrected chi connectivity index (χ4v) is 3.32. The van der Waals surface area contributed by atoms with Gasteiger partial charge in [0.2, 0.25) is 10.0 Å². The lowest BCUT2D eigenvalue weighted by atomic mass is 10.2. The van der Waals surface area contributed by atoms with Gasteiger partial charge in [-0.3, -0.25) is 4.79 Å². The number of benzene rings is 3. The lowest BCUT2D eigenvalue weighted by molar-refractivity contribution is 0.102. The van der Waals surface area contributed by atoms with E-state index >= 15 is 0 Å². The normalized spacial score (nSPS) is 11.2. The maximum Gasteiger partial charge on any atom is 0.255 e. The van der Waals surface area contributed by atoms with Gasteiger partial charge in [0.1, 0.15) is 11.5 Å². The van der Waals surface area contributed by atoms with E-state index in [1.54, 1.807) is 24.3 Å². The van der Waals surface area contributed by atoms with Gasteiger partial charge in [0.15, 0.2) is 0 Å². The van der Waals surface area contributed by atoms with Crippen LogP contribution in [0.3, 0.4) is 0 Å². The van der Waals surface area contributed by atoms with Gasteiger partial charge in [-0.25, -0.2) is 12.7 Å². The predicted molar refractivity (Wildman–Crippen MR) is 108 cm³/mol. The summed E-state index contributed by atoms with van der Waals surface area (Å²) in [6, 6.07) is 22.2. The molecule has 0 heterocycles. The molecule has 0 unspecified atom stereocenters. The number of hydrogen-bond acceptors (Lipinski definition) is 4. The Bertz CT molecular complexity index is 1050. The van der Waals surface area contributed by atoms with Gasteiger partial charge in [0, 0.05) is 25.3 Å². The third kappa shape index (κ3) is 4.57. The van der Waals surface area contributed by atoms with Crippen LogP contribution in [0.15, 0.2) is 83.8 Å². The van der Waals surface area contributed by atoms with Crippen molar-refractivity contribution >= 4 is 21.6 Å². The standard InChI is InChI=1S/C21H20N2O4S/c1-23(2)28(25,26)20-14-8-16(9-15-20)21(24)22-17-10-12-19(13-11-17)27-18-6-4-3-5-7-18/h3-15H,1-2H3,(H,22,24). The highest BCUT2D eigenvalue weighted by atomic mass is 32.2. The van der Waals surface area contributed by atoms with Crippen LogP contribution in [0.1, 0.15) is 10.4 Å². The van der Waals surface area contributed by atoms with Crippen molar-refractivity contribution in [3.8, 4) is 11.5 Å². The number of sulfonamides is 1. The largest absolute Gasteiger partial charge is 0.457 e. The second kappa shape index (κ2) is 8.24. The Balaban J connectivity index is 1.66. The Kier molecular flexibility index (Phi) is 5.77. The van der Waals surface area contributed by atoms with Crippen molar-refractivity contribution in [1.82, 2.24) is 4.31 Å². The highest BCUT2D eigenvalue weighted by Gasteiger charge is 2.17. The van der Waals surface area contributed by atoms with Gasteiger partial charge in [-0.05, 0) is 60.7 Å². The van der Waals surface area contributed by atoms with Crippen LogP contribution in [0, 0.1) is 0 Å². The molecule has 6 nitrogen and oxygen atoms in total. The number of carbonyl (C=O) groups is 1. The average Bonchev–Trinajstić information content (AvgIpc) is 2.70. The van der Waals surface area contributed by atoms with Crippen molar-refractivity contribution in [1.29, 1.82) is 0 Å². The van der Waals surface area contributed by atoms with E-state index in [-0.39, 0.29) is 10.8 Å². The summed E-state index contributed by atoms with van der Waals surface area (Å²) in [6.45, 7) is 0. The van der Waals surface area contributed by atoms with Gasteiger partial charge < -0.3 is 10.1 Å². The van der Waals surface area contributed by atoms with E-state index in [0.717, 1.165) is 10.1 Å². The molecule has 144 valence electrons. The summed E-state index contributed by atoms with van der Waals surface area (Å²) in [6.07, 6.45) is 0. The Labute approximate surface area is 164 Å². The Morgan fingerprint density at radius 1 is 0.821 bits per heavy atom. The third-order valence-electron chi connectivity index (χ3n) is 3.99. The fourth-order valence-electron chi connectivity index (χ4n) is 2.42. The van der Waals surface area contributed by atoms with Crippen molar-refractivity contribution in [2.45, 2.75) is 4.90 Å². The monoisotopic (exact) mass is 396 g/mol. The van der Waals surface area contributed by atoms with Gasteiger partial charge in [-0.2, -0.15) is 0 Å². The molecule has 0 spiro atoms. The van der Waals surface area contributed by atoms with Crippen molar-refractivity contribution < 1.29 is 17.9 Å². The number of amides is 1. The summed E-state index contributed by atoms with van der Waals surface area (Å²) in [7, 11) is -0.602. The van der Waals surface area contributed by atoms with Crippen LogP contribution in [0.25, 0.3) is 0 Å². The van der Waals surface area contributed by atoms with E-state index in [1.165, 1.54) is 38.4 Å². The maximum atomic E-state index is 12.4. The zero-order chi connectivity index (χ0) is 20.1. The van der Waals surface area contributed by atoms with Crippen molar-refractivity contribution in [3.63, 3.8) is 0 Å². The minimum Gasteiger partial charge on any atom is -0.457 e. The van der Waals surface area contributed by atoms with Gasteiger partial charge in [-0.15, -0.1) is 0 Å². The molecule has 0 saturated carbocycles. The molecule has 3 rings (SSSR count). The van der Waals surface area contributed by atoms with Gasteiger partial charge in [0.25, 0.3) is 5.91 Å². The second-order valence-corrected chi connectivity index (χ2v) is 8.36. The highest BCUT2D eigenvalue weighted by molar-refractivity contribution is 7.89. The zero-order valence-corrected chi connectivity index (χ0v) is 16.3. The van der Waals surface area contributed by atoms with Crippen molar-refractivity contribution in [2.75, 3.05) is 19.4 Å². The fraction of sp³-hybridized carbons (Fsp3) is 0.0952. The molecular weight excluding hydrogens is 376 g/mol. The Hall–Kier alpha value is -3.16. The van der Waals surface area contributed by atoms with E-state index in [4.69, 9.17) is 4.74 Å². The molecule has 0 bridgehead atoms. The molecule has 7 heteroatoms. The Morgan fingerprint density at radius 2 is 1.39 bits per heavy atom. The van der Waals surface area contributed by atoms with Crippen LogP contribution in [-0.4, -0.2) is 32.7 Å². The first kappa shape index (κ1) is 19.6. The summed E-state index contributed by atoms with van der Waals surface area (Å²) < 4.78 is 31.0. The summed E-state index contributed by atoms with van der Waals surface area (Å²) >= 11 is 0. The summed E-state index contributed by atoms with van der Waals surface area (Å²) in [5.41, 5.74) is 0.970. The van der Waals surface area contributed by atoms with E-state index in [0.29, 0.717) is 17.0 Å². The first-order chi connectivity index (χ1) is 13.4. The average molecular weight is 396 g/mol. The smallest absolute Gasteiger partial charge is 0.255 e. The lowest BCUT2D eigenvalue weighted by Gasteiger charge is -2.12. The van der Waals surface area contributed by atoms with E-state index in [1.807, 2.05) is 30.3 Å². The molecule has 1 amide bonds. The summed E-state index contributed by atoms with van der Waals surface area (Å²) in [4.78, 5) is 12.5. The molecule has 3 aromatic rings. The number of ether oxygens (including phenoxy) is 1. The summed E-state index contributed by atoms with van der Waals surface area (Å²) in [5, 5.41) is 2.78. The number of hydrogen-bond donors (Lipinski definition) is 1. The molecule has 1 N–H and O–H groups in total. The molecule has 0 aliphatic rings. The summed E-state index contributed by atoms with van der Waals surface area (Å²) in [5.74, 6) is 1.06. The Morgan fingerprint density at radius 3 is 1.96 bits per heavy atom.